The molecular weight excluding hydrogens is 420 g/mol. The molecule has 172 valence electrons. The predicted molar refractivity (Wildman–Crippen MR) is 105 cm³/mol. The van der Waals surface area contributed by atoms with Gasteiger partial charge in [-0.15, -0.1) is 5.10 Å². The number of imidazole rings is 1. The van der Waals surface area contributed by atoms with Gasteiger partial charge in [0.15, 0.2) is 5.69 Å². The van der Waals surface area contributed by atoms with Crippen LogP contribution in [0.1, 0.15) is 58.5 Å². The van der Waals surface area contributed by atoms with Gasteiger partial charge in [-0.25, -0.2) is 23.7 Å². The average molecular weight is 446 g/mol. The molecule has 1 aliphatic rings. The molecule has 1 amide bonds. The summed E-state index contributed by atoms with van der Waals surface area (Å²) >= 11 is 0. The van der Waals surface area contributed by atoms with Crippen molar-refractivity contribution in [2.45, 2.75) is 70.9 Å². The molecule has 1 aliphatic heterocycles. The summed E-state index contributed by atoms with van der Waals surface area (Å²) in [4.78, 5) is 21.1. The van der Waals surface area contributed by atoms with Crippen LogP contribution in [0.3, 0.4) is 0 Å². The van der Waals surface area contributed by atoms with Crippen molar-refractivity contribution in [1.29, 1.82) is 0 Å². The molecule has 0 aliphatic carbocycles. The number of fused-ring (bicyclic) bond motifs is 1. The van der Waals surface area contributed by atoms with Crippen LogP contribution >= 0.6 is 0 Å². The molecule has 2 atom stereocenters. The highest BCUT2D eigenvalue weighted by Crippen LogP contribution is 2.33. The summed E-state index contributed by atoms with van der Waals surface area (Å²) < 4.78 is 60.9. The van der Waals surface area contributed by atoms with Crippen LogP contribution in [0.5, 0.6) is 0 Å². The van der Waals surface area contributed by atoms with Crippen LogP contribution in [0.2, 0.25) is 0 Å². The van der Waals surface area contributed by atoms with Crippen molar-refractivity contribution in [1.82, 2.24) is 24.5 Å². The zero-order chi connectivity index (χ0) is 23.1. The second-order valence-electron chi connectivity index (χ2n) is 8.83. The van der Waals surface area contributed by atoms with Crippen molar-refractivity contribution < 1.29 is 27.1 Å². The molecule has 0 aromatic carbocycles. The van der Waals surface area contributed by atoms with E-state index in [1.165, 1.54) is 4.90 Å². The van der Waals surface area contributed by atoms with Gasteiger partial charge in [0, 0.05) is 12.5 Å². The fraction of sp³-hybridized carbons (Fsp3) is 0.684. The normalized spacial score (nSPS) is 20.4. The van der Waals surface area contributed by atoms with Crippen LogP contribution in [0.25, 0.3) is 5.52 Å². The van der Waals surface area contributed by atoms with E-state index in [1.807, 2.05) is 0 Å². The lowest BCUT2D eigenvalue weighted by Gasteiger charge is -2.35. The molecule has 1 N–H and O–H groups in total. The Hall–Kier alpha value is -2.66. The number of anilines is 1. The Morgan fingerprint density at radius 2 is 1.97 bits per heavy atom. The molecule has 0 spiro atoms. The van der Waals surface area contributed by atoms with Crippen molar-refractivity contribution in [3.63, 3.8) is 0 Å². The number of carbonyl (C=O) groups excluding carboxylic acids is 1. The maximum absolute atomic E-state index is 14.7. The Bertz CT molecular complexity index is 953. The number of amides is 1. The zero-order valence-electron chi connectivity index (χ0n) is 18.0. The Balaban J connectivity index is 1.77. The largest absolute Gasteiger partial charge is 0.444 e. The third-order valence-electron chi connectivity index (χ3n) is 4.71. The van der Waals surface area contributed by atoms with Crippen LogP contribution in [0.4, 0.5) is 28.3 Å². The van der Waals surface area contributed by atoms with E-state index in [0.717, 1.165) is 10.7 Å². The van der Waals surface area contributed by atoms with Gasteiger partial charge in [-0.1, -0.05) is 13.8 Å². The Morgan fingerprint density at radius 1 is 1.29 bits per heavy atom. The van der Waals surface area contributed by atoms with E-state index in [1.54, 1.807) is 34.6 Å². The number of nitrogens with zero attached hydrogens (tertiary/aromatic N) is 5. The third kappa shape index (κ3) is 5.16. The number of halogens is 4. The molecule has 0 unspecified atom stereocenters. The minimum atomic E-state index is -4.64. The first-order chi connectivity index (χ1) is 14.3. The summed E-state index contributed by atoms with van der Waals surface area (Å²) in [7, 11) is 0. The van der Waals surface area contributed by atoms with Crippen molar-refractivity contribution in [2.24, 2.45) is 0 Å². The van der Waals surface area contributed by atoms with E-state index in [9.17, 15) is 22.4 Å². The first kappa shape index (κ1) is 23.0. The van der Waals surface area contributed by atoms with Crippen molar-refractivity contribution in [3.05, 3.63) is 17.7 Å². The monoisotopic (exact) mass is 446 g/mol. The lowest BCUT2D eigenvalue weighted by Crippen LogP contribution is -2.51. The first-order valence-electron chi connectivity index (χ1n) is 9.97. The van der Waals surface area contributed by atoms with Crippen LogP contribution < -0.4 is 5.32 Å². The molecule has 2 aromatic heterocycles. The summed E-state index contributed by atoms with van der Waals surface area (Å²) in [6, 6.07) is -0.704. The van der Waals surface area contributed by atoms with Gasteiger partial charge < -0.3 is 15.0 Å². The van der Waals surface area contributed by atoms with Gasteiger partial charge in [0.2, 0.25) is 5.95 Å². The number of aromatic nitrogens is 4. The van der Waals surface area contributed by atoms with Gasteiger partial charge in [0.25, 0.3) is 0 Å². The summed E-state index contributed by atoms with van der Waals surface area (Å²) in [6.45, 7) is 8.68. The van der Waals surface area contributed by atoms with Crippen molar-refractivity contribution in [3.8, 4) is 0 Å². The summed E-state index contributed by atoms with van der Waals surface area (Å²) in [5, 5.41) is 6.96. The van der Waals surface area contributed by atoms with E-state index in [-0.39, 0.29) is 42.7 Å². The van der Waals surface area contributed by atoms with Crippen LogP contribution in [0, 0.1) is 0 Å². The molecule has 8 nitrogen and oxygen atoms in total. The minimum absolute atomic E-state index is 0.0149. The van der Waals surface area contributed by atoms with E-state index in [4.69, 9.17) is 4.74 Å². The number of alkyl halides is 4. The second kappa shape index (κ2) is 8.12. The fourth-order valence-corrected chi connectivity index (χ4v) is 3.28. The standard InChI is InChI=1S/C19H26F4N6O2/c1-10(2)15-26-14(19(21,22)23)13-8-24-16(27-29(13)15)25-12-6-7-28(9-11(12)20)17(30)31-18(3,4)5/h8,10-12H,6-7,9H2,1-5H3,(H,25,27)/t11-,12-/m1/s1. The molecule has 1 saturated heterocycles. The smallest absolute Gasteiger partial charge is 0.435 e. The SMILES string of the molecule is CC(C)c1nc(C(F)(F)F)c2cnc(N[C@@H]3CCN(C(=O)OC(C)(C)C)C[C@H]3F)nn12. The number of carbonyl (C=O) groups is 1. The number of hydrogen-bond acceptors (Lipinski definition) is 6. The highest BCUT2D eigenvalue weighted by Gasteiger charge is 2.38. The van der Waals surface area contributed by atoms with Gasteiger partial charge in [0.05, 0.1) is 18.8 Å². The summed E-state index contributed by atoms with van der Waals surface area (Å²) in [5.74, 6) is -0.208. The average Bonchev–Trinajstić information content (AvgIpc) is 3.01. The summed E-state index contributed by atoms with van der Waals surface area (Å²) in [5.41, 5.74) is -2.01. The van der Waals surface area contributed by atoms with Crippen LogP contribution in [-0.2, 0) is 10.9 Å². The van der Waals surface area contributed by atoms with Gasteiger partial charge in [-0.05, 0) is 27.2 Å². The number of hydrogen-bond donors (Lipinski definition) is 1. The topological polar surface area (TPSA) is 84.7 Å². The van der Waals surface area contributed by atoms with Gasteiger partial charge in [0.1, 0.15) is 23.1 Å². The maximum Gasteiger partial charge on any atom is 0.435 e. The molecule has 12 heteroatoms. The Kier molecular flexibility index (Phi) is 6.03. The zero-order valence-corrected chi connectivity index (χ0v) is 18.0. The lowest BCUT2D eigenvalue weighted by atomic mass is 10.0. The molecule has 0 radical (unpaired) electrons. The molecule has 3 heterocycles. The predicted octanol–water partition coefficient (Wildman–Crippen LogP) is 4.03. The molecular formula is C19H26F4N6O2. The molecule has 31 heavy (non-hydrogen) atoms. The molecule has 0 bridgehead atoms. The minimum Gasteiger partial charge on any atom is -0.444 e. The first-order valence-corrected chi connectivity index (χ1v) is 9.97. The van der Waals surface area contributed by atoms with E-state index in [0.29, 0.717) is 0 Å². The highest BCUT2D eigenvalue weighted by molar-refractivity contribution is 5.68. The van der Waals surface area contributed by atoms with Gasteiger partial charge in [-0.3, -0.25) is 0 Å². The van der Waals surface area contributed by atoms with E-state index in [2.05, 4.69) is 20.4 Å². The third-order valence-corrected chi connectivity index (χ3v) is 4.71. The quantitative estimate of drug-likeness (QED) is 0.717. The van der Waals surface area contributed by atoms with E-state index < -0.39 is 35.8 Å². The summed E-state index contributed by atoms with van der Waals surface area (Å²) in [6.07, 6.45) is -5.38. The fourth-order valence-electron chi connectivity index (χ4n) is 3.28. The van der Waals surface area contributed by atoms with Crippen LogP contribution in [0.15, 0.2) is 6.20 Å². The Labute approximate surface area is 177 Å². The number of nitrogens with one attached hydrogen (secondary N) is 1. The number of rotatable bonds is 3. The molecule has 0 saturated carbocycles. The van der Waals surface area contributed by atoms with Crippen LogP contribution in [-0.4, -0.2) is 61.5 Å². The second-order valence-corrected chi connectivity index (χ2v) is 8.83. The van der Waals surface area contributed by atoms with Crippen molar-refractivity contribution in [2.75, 3.05) is 18.4 Å². The Morgan fingerprint density at radius 3 is 2.52 bits per heavy atom. The highest BCUT2D eigenvalue weighted by atomic mass is 19.4. The maximum atomic E-state index is 14.7. The van der Waals surface area contributed by atoms with Crippen molar-refractivity contribution >= 4 is 17.6 Å². The van der Waals surface area contributed by atoms with Gasteiger partial charge >= 0.3 is 12.3 Å². The number of ether oxygens (including phenoxy) is 1. The molecule has 3 rings (SSSR count). The lowest BCUT2D eigenvalue weighted by molar-refractivity contribution is -0.139. The number of likely N-dealkylation sites (tertiary alicyclic amines) is 1. The number of piperidine rings is 1. The van der Waals surface area contributed by atoms with E-state index >= 15 is 0 Å². The molecule has 2 aromatic rings. The molecule has 1 fully saturated rings. The van der Waals surface area contributed by atoms with Gasteiger partial charge in [-0.2, -0.15) is 13.2 Å².